The fourth-order valence-electron chi connectivity index (χ4n) is 2.53. The van der Waals surface area contributed by atoms with E-state index in [1.165, 1.54) is 17.5 Å². The molecule has 0 bridgehead atoms. The number of carbonyl (C=O) groups is 1. The first-order valence-corrected chi connectivity index (χ1v) is 9.61. The van der Waals surface area contributed by atoms with Gasteiger partial charge in [0.1, 0.15) is 5.56 Å². The molecular formula is C19H22N4O3S. The maximum absolute atomic E-state index is 12.3. The summed E-state index contributed by atoms with van der Waals surface area (Å²) in [5.41, 5.74) is 2.92. The number of hydrogen-bond donors (Lipinski definition) is 2. The van der Waals surface area contributed by atoms with E-state index >= 15 is 0 Å². The van der Waals surface area contributed by atoms with E-state index in [0.29, 0.717) is 29.5 Å². The van der Waals surface area contributed by atoms with Crippen molar-refractivity contribution in [2.75, 3.05) is 13.2 Å². The van der Waals surface area contributed by atoms with Crippen LogP contribution < -0.4 is 5.32 Å². The van der Waals surface area contributed by atoms with Crippen molar-refractivity contribution in [3.05, 3.63) is 53.2 Å². The molecule has 0 aliphatic carbocycles. The molecule has 2 heterocycles. The summed E-state index contributed by atoms with van der Waals surface area (Å²) in [4.78, 5) is 16.9. The van der Waals surface area contributed by atoms with Gasteiger partial charge in [0.2, 0.25) is 5.13 Å². The molecule has 7 nitrogen and oxygen atoms in total. The monoisotopic (exact) mass is 386 g/mol. The average molecular weight is 386 g/mol. The first-order chi connectivity index (χ1) is 13.1. The Morgan fingerprint density at radius 2 is 2.15 bits per heavy atom. The van der Waals surface area contributed by atoms with Crippen molar-refractivity contribution in [1.29, 1.82) is 0 Å². The number of aromatic nitrogens is 3. The van der Waals surface area contributed by atoms with Gasteiger partial charge in [0.15, 0.2) is 0 Å². The minimum atomic E-state index is -0.419. The van der Waals surface area contributed by atoms with Crippen LogP contribution in [0.1, 0.15) is 29.9 Å². The molecule has 8 heteroatoms. The average Bonchev–Trinajstić information content (AvgIpc) is 3.33. The summed E-state index contributed by atoms with van der Waals surface area (Å²) >= 11 is 1.45. The molecule has 1 aromatic carbocycles. The van der Waals surface area contributed by atoms with Crippen molar-refractivity contribution in [3.63, 3.8) is 0 Å². The summed E-state index contributed by atoms with van der Waals surface area (Å²) in [6.45, 7) is 4.27. The van der Waals surface area contributed by atoms with Crippen molar-refractivity contribution >= 4 is 17.3 Å². The first kappa shape index (κ1) is 19.2. The molecular weight excluding hydrogens is 364 g/mol. The van der Waals surface area contributed by atoms with E-state index in [-0.39, 0.29) is 12.6 Å². The number of nitrogens with zero attached hydrogens (tertiary/aromatic N) is 3. The number of esters is 1. The molecule has 3 rings (SSSR count). The lowest BCUT2D eigenvalue weighted by atomic mass is 10.2. The number of hydrogen-bond acceptors (Lipinski definition) is 7. The minimum absolute atomic E-state index is 0.00170. The van der Waals surface area contributed by atoms with Gasteiger partial charge < -0.3 is 15.2 Å². The molecule has 0 saturated heterocycles. The van der Waals surface area contributed by atoms with Crippen LogP contribution in [-0.4, -0.2) is 45.1 Å². The minimum Gasteiger partial charge on any atom is -0.462 e. The fourth-order valence-corrected chi connectivity index (χ4v) is 3.34. The zero-order valence-corrected chi connectivity index (χ0v) is 16.1. The van der Waals surface area contributed by atoms with Crippen molar-refractivity contribution in [2.45, 2.75) is 26.4 Å². The van der Waals surface area contributed by atoms with Gasteiger partial charge in [0.05, 0.1) is 30.8 Å². The lowest BCUT2D eigenvalue weighted by Crippen LogP contribution is -2.30. The van der Waals surface area contributed by atoms with Crippen LogP contribution >= 0.6 is 11.3 Å². The first-order valence-electron chi connectivity index (χ1n) is 8.73. The van der Waals surface area contributed by atoms with Gasteiger partial charge >= 0.3 is 5.97 Å². The Hall–Kier alpha value is -2.55. The van der Waals surface area contributed by atoms with Crippen LogP contribution in [0.2, 0.25) is 0 Å². The highest BCUT2D eigenvalue weighted by molar-refractivity contribution is 7.12. The molecule has 0 unspecified atom stereocenters. The quantitative estimate of drug-likeness (QED) is 0.579. The highest BCUT2D eigenvalue weighted by atomic mass is 32.1. The third-order valence-electron chi connectivity index (χ3n) is 4.00. The predicted molar refractivity (Wildman–Crippen MR) is 104 cm³/mol. The van der Waals surface area contributed by atoms with E-state index in [2.05, 4.69) is 15.4 Å². The van der Waals surface area contributed by atoms with E-state index in [0.717, 1.165) is 11.3 Å². The predicted octanol–water partition coefficient (Wildman–Crippen LogP) is 2.64. The topological polar surface area (TPSA) is 89.3 Å². The van der Waals surface area contributed by atoms with Crippen LogP contribution in [0.25, 0.3) is 16.4 Å². The number of thiazole rings is 1. The molecule has 1 atom stereocenters. The van der Waals surface area contributed by atoms with E-state index in [1.54, 1.807) is 11.6 Å². The number of aliphatic hydroxyl groups excluding tert-OH is 1. The standard InChI is InChI=1S/C19H22N4O3S/c1-3-26-18(25)15-9-21-23(17(15)10-20-13(2)11-24)19-22-16(12-27-19)14-7-5-4-6-8-14/h4-9,12-13,20,24H,3,10-11H2,1-2H3/t13-/m1/s1. The van der Waals surface area contributed by atoms with Crippen LogP contribution in [-0.2, 0) is 11.3 Å². The van der Waals surface area contributed by atoms with Crippen LogP contribution in [0.4, 0.5) is 0 Å². The van der Waals surface area contributed by atoms with Gasteiger partial charge in [-0.15, -0.1) is 11.3 Å². The number of rotatable bonds is 8. The van der Waals surface area contributed by atoms with Crippen molar-refractivity contribution in [3.8, 4) is 16.4 Å². The summed E-state index contributed by atoms with van der Waals surface area (Å²) in [6, 6.07) is 9.77. The lowest BCUT2D eigenvalue weighted by molar-refractivity contribution is 0.0524. The van der Waals surface area contributed by atoms with Crippen LogP contribution in [0.15, 0.2) is 41.9 Å². The second kappa shape index (κ2) is 8.90. The Kier molecular flexibility index (Phi) is 6.33. The zero-order chi connectivity index (χ0) is 19.2. The molecule has 2 N–H and O–H groups in total. The Morgan fingerprint density at radius 1 is 1.37 bits per heavy atom. The Balaban J connectivity index is 1.94. The number of ether oxygens (including phenoxy) is 1. The number of nitrogens with one attached hydrogen (secondary N) is 1. The third kappa shape index (κ3) is 4.41. The Labute approximate surface area is 161 Å². The van der Waals surface area contributed by atoms with Crippen molar-refractivity contribution in [2.24, 2.45) is 0 Å². The fraction of sp³-hybridized carbons (Fsp3) is 0.316. The molecule has 0 radical (unpaired) electrons. The molecule has 142 valence electrons. The van der Waals surface area contributed by atoms with E-state index in [1.807, 2.05) is 42.6 Å². The summed E-state index contributed by atoms with van der Waals surface area (Å²) in [5, 5.41) is 19.4. The van der Waals surface area contributed by atoms with Gasteiger partial charge in [-0.3, -0.25) is 0 Å². The Morgan fingerprint density at radius 3 is 2.85 bits per heavy atom. The highest BCUT2D eigenvalue weighted by Crippen LogP contribution is 2.25. The maximum Gasteiger partial charge on any atom is 0.341 e. The second-order valence-electron chi connectivity index (χ2n) is 5.98. The van der Waals surface area contributed by atoms with Crippen LogP contribution in [0.3, 0.4) is 0 Å². The molecule has 0 aliphatic rings. The van der Waals surface area contributed by atoms with Gasteiger partial charge in [-0.1, -0.05) is 30.3 Å². The molecule has 2 aromatic heterocycles. The maximum atomic E-state index is 12.3. The molecule has 27 heavy (non-hydrogen) atoms. The van der Waals surface area contributed by atoms with Gasteiger partial charge in [0, 0.05) is 23.5 Å². The van der Waals surface area contributed by atoms with Crippen molar-refractivity contribution in [1.82, 2.24) is 20.1 Å². The second-order valence-corrected chi connectivity index (χ2v) is 6.82. The van der Waals surface area contributed by atoms with E-state index in [9.17, 15) is 9.90 Å². The summed E-state index contributed by atoms with van der Waals surface area (Å²) < 4.78 is 6.79. The van der Waals surface area contributed by atoms with Crippen LogP contribution in [0.5, 0.6) is 0 Å². The SMILES string of the molecule is CCOC(=O)c1cnn(-c2nc(-c3ccccc3)cs2)c1CN[C@H](C)CO. The van der Waals surface area contributed by atoms with E-state index < -0.39 is 5.97 Å². The van der Waals surface area contributed by atoms with E-state index in [4.69, 9.17) is 4.74 Å². The molecule has 3 aromatic rings. The van der Waals surface area contributed by atoms with Gasteiger partial charge in [0.25, 0.3) is 0 Å². The molecule has 0 fully saturated rings. The van der Waals surface area contributed by atoms with Gasteiger partial charge in [-0.2, -0.15) is 5.10 Å². The molecule has 0 spiro atoms. The lowest BCUT2D eigenvalue weighted by Gasteiger charge is -2.12. The molecule has 0 aliphatic heterocycles. The smallest absolute Gasteiger partial charge is 0.341 e. The van der Waals surface area contributed by atoms with Crippen molar-refractivity contribution < 1.29 is 14.6 Å². The summed E-state index contributed by atoms with van der Waals surface area (Å²) in [7, 11) is 0. The van der Waals surface area contributed by atoms with Gasteiger partial charge in [-0.25, -0.2) is 14.5 Å². The number of aliphatic hydroxyl groups is 1. The highest BCUT2D eigenvalue weighted by Gasteiger charge is 2.21. The summed E-state index contributed by atoms with van der Waals surface area (Å²) in [6.07, 6.45) is 1.50. The zero-order valence-electron chi connectivity index (χ0n) is 15.3. The normalized spacial score (nSPS) is 12.1. The Bertz CT molecular complexity index is 892. The van der Waals surface area contributed by atoms with Crippen LogP contribution in [0, 0.1) is 0 Å². The molecule has 0 amide bonds. The number of benzene rings is 1. The summed E-state index contributed by atoms with van der Waals surface area (Å²) in [5.74, 6) is -0.419. The largest absolute Gasteiger partial charge is 0.462 e. The third-order valence-corrected chi connectivity index (χ3v) is 4.82. The van der Waals surface area contributed by atoms with Gasteiger partial charge in [-0.05, 0) is 13.8 Å². The molecule has 0 saturated carbocycles. The number of carbonyl (C=O) groups excluding carboxylic acids is 1.